The Morgan fingerprint density at radius 1 is 0.923 bits per heavy atom. The number of rotatable bonds is 7. The molecule has 5 heteroatoms. The lowest BCUT2D eigenvalue weighted by atomic mass is 10.0. The Hall–Kier alpha value is -2.95. The molecule has 0 atom stereocenters. The second-order valence-corrected chi connectivity index (χ2v) is 6.18. The highest BCUT2D eigenvalue weighted by molar-refractivity contribution is 5.66. The number of anilines is 3. The van der Waals surface area contributed by atoms with E-state index in [1.807, 2.05) is 31.3 Å². The molecule has 0 fully saturated rings. The molecule has 2 heterocycles. The van der Waals surface area contributed by atoms with E-state index in [2.05, 4.69) is 57.6 Å². The smallest absolute Gasteiger partial charge is 0.136 e. The highest BCUT2D eigenvalue weighted by atomic mass is 15.1. The van der Waals surface area contributed by atoms with Crippen LogP contribution in [-0.4, -0.2) is 15.0 Å². The fourth-order valence-corrected chi connectivity index (χ4v) is 2.95. The Kier molecular flexibility index (Phi) is 5.79. The van der Waals surface area contributed by atoms with E-state index in [0.29, 0.717) is 6.54 Å². The largest absolute Gasteiger partial charge is 0.366 e. The van der Waals surface area contributed by atoms with Gasteiger partial charge in [0.2, 0.25) is 0 Å². The number of nitrogens with zero attached hydrogens (tertiary/aromatic N) is 3. The van der Waals surface area contributed by atoms with Gasteiger partial charge in [-0.25, -0.2) is 9.97 Å². The van der Waals surface area contributed by atoms with Crippen LogP contribution in [0, 0.1) is 6.92 Å². The molecule has 0 aliphatic rings. The maximum absolute atomic E-state index is 4.56. The first kappa shape index (κ1) is 17.9. The van der Waals surface area contributed by atoms with Gasteiger partial charge >= 0.3 is 0 Å². The van der Waals surface area contributed by atoms with Gasteiger partial charge in [-0.05, 0) is 42.5 Å². The maximum Gasteiger partial charge on any atom is 0.136 e. The lowest BCUT2D eigenvalue weighted by molar-refractivity contribution is 1.02. The topological polar surface area (TPSA) is 62.7 Å². The number of aromatic nitrogens is 3. The first-order valence-corrected chi connectivity index (χ1v) is 9.05. The van der Waals surface area contributed by atoms with Crippen molar-refractivity contribution in [2.24, 2.45) is 0 Å². The minimum absolute atomic E-state index is 0.676. The minimum Gasteiger partial charge on any atom is -0.366 e. The van der Waals surface area contributed by atoms with Crippen molar-refractivity contribution in [3.05, 3.63) is 71.3 Å². The van der Waals surface area contributed by atoms with Gasteiger partial charge in [-0.3, -0.25) is 4.98 Å². The molecule has 1 aromatic carbocycles. The molecule has 2 aromatic heterocycles. The second-order valence-electron chi connectivity index (χ2n) is 6.18. The van der Waals surface area contributed by atoms with Crippen LogP contribution in [0.3, 0.4) is 0 Å². The normalized spacial score (nSPS) is 10.6. The molecule has 0 saturated heterocycles. The summed E-state index contributed by atoms with van der Waals surface area (Å²) in [6.45, 7) is 6.93. The molecule has 0 spiro atoms. The Balaban J connectivity index is 1.82. The molecule has 3 aromatic rings. The van der Waals surface area contributed by atoms with Gasteiger partial charge in [0, 0.05) is 30.7 Å². The molecule has 3 rings (SSSR count). The average Bonchev–Trinajstić information content (AvgIpc) is 2.67. The molecule has 0 aliphatic carbocycles. The molecule has 5 nitrogen and oxygen atoms in total. The standard InChI is InChI=1S/C21H25N5/c1-4-17-9-6-10-18(5-2)21(17)26-20-12-19(24-15(3)25-20)23-14-16-8-7-11-22-13-16/h6-13H,4-5,14H2,1-3H3,(H2,23,24,25,26). The quantitative estimate of drug-likeness (QED) is 0.651. The van der Waals surface area contributed by atoms with E-state index >= 15 is 0 Å². The Morgan fingerprint density at radius 3 is 2.31 bits per heavy atom. The summed E-state index contributed by atoms with van der Waals surface area (Å²) in [5.74, 6) is 2.34. The van der Waals surface area contributed by atoms with E-state index < -0.39 is 0 Å². The van der Waals surface area contributed by atoms with E-state index in [9.17, 15) is 0 Å². The van der Waals surface area contributed by atoms with Gasteiger partial charge in [0.05, 0.1) is 0 Å². The molecule has 0 aliphatic heterocycles. The maximum atomic E-state index is 4.56. The molecular weight excluding hydrogens is 322 g/mol. The zero-order valence-corrected chi connectivity index (χ0v) is 15.6. The third-order valence-electron chi connectivity index (χ3n) is 4.29. The fourth-order valence-electron chi connectivity index (χ4n) is 2.95. The highest BCUT2D eigenvalue weighted by Gasteiger charge is 2.09. The molecule has 0 radical (unpaired) electrons. The summed E-state index contributed by atoms with van der Waals surface area (Å²) >= 11 is 0. The fraction of sp³-hybridized carbons (Fsp3) is 0.286. The Labute approximate surface area is 154 Å². The molecule has 0 saturated carbocycles. The van der Waals surface area contributed by atoms with Crippen molar-refractivity contribution in [2.75, 3.05) is 10.6 Å². The van der Waals surface area contributed by atoms with E-state index in [4.69, 9.17) is 0 Å². The molecule has 134 valence electrons. The zero-order chi connectivity index (χ0) is 18.4. The van der Waals surface area contributed by atoms with Crippen LogP contribution in [-0.2, 0) is 19.4 Å². The van der Waals surface area contributed by atoms with Crippen LogP contribution >= 0.6 is 0 Å². The van der Waals surface area contributed by atoms with E-state index in [0.717, 1.165) is 41.6 Å². The summed E-state index contributed by atoms with van der Waals surface area (Å²) in [5, 5.41) is 6.87. The van der Waals surface area contributed by atoms with Crippen LogP contribution in [0.15, 0.2) is 48.8 Å². The molecular formula is C21H25N5. The number of hydrogen-bond acceptors (Lipinski definition) is 5. The van der Waals surface area contributed by atoms with Crippen LogP contribution in [0.5, 0.6) is 0 Å². The summed E-state index contributed by atoms with van der Waals surface area (Å²) in [4.78, 5) is 13.2. The van der Waals surface area contributed by atoms with Crippen LogP contribution < -0.4 is 10.6 Å². The number of aryl methyl sites for hydroxylation is 3. The van der Waals surface area contributed by atoms with Gasteiger partial charge in [-0.15, -0.1) is 0 Å². The van der Waals surface area contributed by atoms with Gasteiger partial charge in [0.25, 0.3) is 0 Å². The molecule has 0 bridgehead atoms. The van der Waals surface area contributed by atoms with Crippen LogP contribution in [0.4, 0.5) is 17.3 Å². The van der Waals surface area contributed by atoms with E-state index in [-0.39, 0.29) is 0 Å². The SMILES string of the molecule is CCc1cccc(CC)c1Nc1cc(NCc2cccnc2)nc(C)n1. The summed E-state index contributed by atoms with van der Waals surface area (Å²) in [6.07, 6.45) is 5.58. The zero-order valence-electron chi connectivity index (χ0n) is 15.6. The van der Waals surface area contributed by atoms with Crippen molar-refractivity contribution in [2.45, 2.75) is 40.2 Å². The van der Waals surface area contributed by atoms with Crippen molar-refractivity contribution in [1.82, 2.24) is 15.0 Å². The van der Waals surface area contributed by atoms with Crippen LogP contribution in [0.2, 0.25) is 0 Å². The molecule has 26 heavy (non-hydrogen) atoms. The third-order valence-corrected chi connectivity index (χ3v) is 4.29. The lowest BCUT2D eigenvalue weighted by Gasteiger charge is -2.16. The summed E-state index contributed by atoms with van der Waals surface area (Å²) in [5.41, 5.74) is 4.87. The monoisotopic (exact) mass is 347 g/mol. The van der Waals surface area contributed by atoms with Gasteiger partial charge < -0.3 is 10.6 Å². The van der Waals surface area contributed by atoms with Gasteiger partial charge in [0.15, 0.2) is 0 Å². The van der Waals surface area contributed by atoms with Gasteiger partial charge in [-0.1, -0.05) is 38.1 Å². The lowest BCUT2D eigenvalue weighted by Crippen LogP contribution is -2.07. The van der Waals surface area contributed by atoms with E-state index in [1.54, 1.807) is 6.20 Å². The van der Waals surface area contributed by atoms with Crippen LogP contribution in [0.1, 0.15) is 36.4 Å². The molecule has 2 N–H and O–H groups in total. The number of nitrogens with one attached hydrogen (secondary N) is 2. The predicted molar refractivity (Wildman–Crippen MR) is 107 cm³/mol. The van der Waals surface area contributed by atoms with E-state index in [1.165, 1.54) is 11.1 Å². The van der Waals surface area contributed by atoms with Crippen molar-refractivity contribution in [1.29, 1.82) is 0 Å². The number of pyridine rings is 1. The van der Waals surface area contributed by atoms with Crippen molar-refractivity contribution >= 4 is 17.3 Å². The Bertz CT molecular complexity index is 839. The first-order chi connectivity index (χ1) is 12.7. The first-order valence-electron chi connectivity index (χ1n) is 9.05. The molecule has 0 unspecified atom stereocenters. The Morgan fingerprint density at radius 2 is 1.65 bits per heavy atom. The van der Waals surface area contributed by atoms with Crippen molar-refractivity contribution in [3.8, 4) is 0 Å². The summed E-state index contributed by atoms with van der Waals surface area (Å²) < 4.78 is 0. The van der Waals surface area contributed by atoms with Crippen LogP contribution in [0.25, 0.3) is 0 Å². The number of para-hydroxylation sites is 1. The number of benzene rings is 1. The minimum atomic E-state index is 0.676. The van der Waals surface area contributed by atoms with Gasteiger partial charge in [0.1, 0.15) is 17.5 Å². The molecule has 0 amide bonds. The summed E-state index contributed by atoms with van der Waals surface area (Å²) in [6, 6.07) is 12.4. The number of hydrogen-bond donors (Lipinski definition) is 2. The summed E-state index contributed by atoms with van der Waals surface area (Å²) in [7, 11) is 0. The van der Waals surface area contributed by atoms with Gasteiger partial charge in [-0.2, -0.15) is 0 Å². The second kappa shape index (κ2) is 8.43. The average molecular weight is 347 g/mol. The third kappa shape index (κ3) is 4.36. The highest BCUT2D eigenvalue weighted by Crippen LogP contribution is 2.26. The van der Waals surface area contributed by atoms with Crippen molar-refractivity contribution in [3.63, 3.8) is 0 Å². The predicted octanol–water partition coefficient (Wildman–Crippen LogP) is 4.66. The van der Waals surface area contributed by atoms with Crippen molar-refractivity contribution < 1.29 is 0 Å².